The molecule has 1 aliphatic carbocycles. The number of nitrogens with zero attached hydrogens (tertiary/aromatic N) is 4. The Labute approximate surface area is 140 Å². The van der Waals surface area contributed by atoms with E-state index in [1.807, 2.05) is 0 Å². The fraction of sp³-hybridized carbons (Fsp3) is 0.778. The summed E-state index contributed by atoms with van der Waals surface area (Å²) in [6, 6.07) is 0. The van der Waals surface area contributed by atoms with Gasteiger partial charge in [0.05, 0.1) is 5.69 Å². The van der Waals surface area contributed by atoms with E-state index in [-0.39, 0.29) is 0 Å². The zero-order chi connectivity index (χ0) is 16.1. The van der Waals surface area contributed by atoms with Crippen LogP contribution in [-0.2, 0) is 12.8 Å². The molecule has 0 atom stereocenters. The van der Waals surface area contributed by atoms with Gasteiger partial charge in [-0.25, -0.2) is 4.98 Å². The van der Waals surface area contributed by atoms with Gasteiger partial charge in [-0.05, 0) is 52.6 Å². The van der Waals surface area contributed by atoms with Crippen LogP contribution in [0.4, 0.5) is 11.8 Å². The molecule has 0 radical (unpaired) electrons. The predicted octanol–water partition coefficient (Wildman–Crippen LogP) is 2.71. The number of aryl methyl sites for hydroxylation is 1. The number of rotatable bonds is 5. The number of hydrogen-bond donors (Lipinski definition) is 1. The van der Waals surface area contributed by atoms with Crippen LogP contribution in [0.2, 0.25) is 0 Å². The molecule has 1 N–H and O–H groups in total. The topological polar surface area (TPSA) is 44.3 Å². The summed E-state index contributed by atoms with van der Waals surface area (Å²) in [5.74, 6) is 2.05. The van der Waals surface area contributed by atoms with Crippen molar-refractivity contribution in [2.75, 3.05) is 50.5 Å². The van der Waals surface area contributed by atoms with Gasteiger partial charge in [-0.2, -0.15) is 4.98 Å². The van der Waals surface area contributed by atoms with Gasteiger partial charge in [0.2, 0.25) is 5.95 Å². The molecule has 1 aliphatic heterocycles. The van der Waals surface area contributed by atoms with Crippen LogP contribution in [0, 0.1) is 0 Å². The summed E-state index contributed by atoms with van der Waals surface area (Å²) in [4.78, 5) is 14.5. The Morgan fingerprint density at radius 2 is 1.70 bits per heavy atom. The summed E-state index contributed by atoms with van der Waals surface area (Å²) in [7, 11) is 4.19. The minimum absolute atomic E-state index is 0.826. The largest absolute Gasteiger partial charge is 0.356 e. The lowest BCUT2D eigenvalue weighted by Crippen LogP contribution is -2.29. The van der Waals surface area contributed by atoms with E-state index in [1.54, 1.807) is 0 Å². The molecule has 0 bridgehead atoms. The zero-order valence-corrected chi connectivity index (χ0v) is 14.8. The van der Waals surface area contributed by atoms with Crippen LogP contribution in [0.5, 0.6) is 0 Å². The second-order valence-electron chi connectivity index (χ2n) is 7.13. The summed E-state index contributed by atoms with van der Waals surface area (Å²) in [6.45, 7) is 4.20. The predicted molar refractivity (Wildman–Crippen MR) is 96.4 cm³/mol. The van der Waals surface area contributed by atoms with Crippen molar-refractivity contribution in [2.24, 2.45) is 0 Å². The van der Waals surface area contributed by atoms with E-state index in [0.717, 1.165) is 45.0 Å². The molecule has 5 heteroatoms. The molecule has 0 aromatic carbocycles. The Hall–Kier alpha value is -1.36. The SMILES string of the molecule is CN(C)CCNc1nc2c(c(N3CCCCCC3)n1)CCCC2. The van der Waals surface area contributed by atoms with Crippen molar-refractivity contribution in [3.8, 4) is 0 Å². The second-order valence-corrected chi connectivity index (χ2v) is 7.13. The average molecular weight is 317 g/mol. The lowest BCUT2D eigenvalue weighted by molar-refractivity contribution is 0.425. The Bertz CT molecular complexity index is 506. The molecular weight excluding hydrogens is 286 g/mol. The minimum Gasteiger partial charge on any atom is -0.356 e. The highest BCUT2D eigenvalue weighted by molar-refractivity contribution is 5.53. The summed E-state index contributed by atoms with van der Waals surface area (Å²) >= 11 is 0. The zero-order valence-electron chi connectivity index (χ0n) is 14.8. The van der Waals surface area contributed by atoms with Crippen molar-refractivity contribution in [3.05, 3.63) is 11.3 Å². The molecule has 0 spiro atoms. The Balaban J connectivity index is 1.82. The lowest BCUT2D eigenvalue weighted by Gasteiger charge is -2.28. The molecule has 23 heavy (non-hydrogen) atoms. The molecular formula is C18H31N5. The fourth-order valence-electron chi connectivity index (χ4n) is 3.59. The van der Waals surface area contributed by atoms with Crippen LogP contribution >= 0.6 is 0 Å². The molecule has 1 aromatic rings. The van der Waals surface area contributed by atoms with Gasteiger partial charge in [0.15, 0.2) is 0 Å². The Kier molecular flexibility index (Phi) is 5.70. The summed E-state index contributed by atoms with van der Waals surface area (Å²) in [5, 5.41) is 3.43. The van der Waals surface area contributed by atoms with Gasteiger partial charge in [-0.3, -0.25) is 0 Å². The van der Waals surface area contributed by atoms with Gasteiger partial charge < -0.3 is 15.1 Å². The van der Waals surface area contributed by atoms with Gasteiger partial charge in [-0.15, -0.1) is 0 Å². The highest BCUT2D eigenvalue weighted by atomic mass is 15.2. The van der Waals surface area contributed by atoms with Crippen LogP contribution in [0.1, 0.15) is 49.8 Å². The highest BCUT2D eigenvalue weighted by Crippen LogP contribution is 2.30. The quantitative estimate of drug-likeness (QED) is 0.904. The number of nitrogens with one attached hydrogen (secondary N) is 1. The molecule has 2 aliphatic rings. The molecule has 2 heterocycles. The molecule has 3 rings (SSSR count). The van der Waals surface area contributed by atoms with Crippen molar-refractivity contribution >= 4 is 11.8 Å². The maximum Gasteiger partial charge on any atom is 0.224 e. The summed E-state index contributed by atoms with van der Waals surface area (Å²) in [5.41, 5.74) is 2.72. The first-order chi connectivity index (χ1) is 11.2. The molecule has 5 nitrogen and oxygen atoms in total. The normalized spacial score (nSPS) is 18.7. The standard InChI is InChI=1S/C18H31N5/c1-22(2)14-11-19-18-20-16-10-6-5-9-15(16)17(21-18)23-12-7-3-4-8-13-23/h3-14H2,1-2H3,(H,19,20,21). The third-order valence-electron chi connectivity index (χ3n) is 4.91. The van der Waals surface area contributed by atoms with E-state index in [1.165, 1.54) is 55.6 Å². The highest BCUT2D eigenvalue weighted by Gasteiger charge is 2.22. The van der Waals surface area contributed by atoms with E-state index in [9.17, 15) is 0 Å². The van der Waals surface area contributed by atoms with E-state index in [2.05, 4.69) is 29.2 Å². The van der Waals surface area contributed by atoms with E-state index in [0.29, 0.717) is 0 Å². The molecule has 128 valence electrons. The first-order valence-corrected chi connectivity index (χ1v) is 9.27. The van der Waals surface area contributed by atoms with Gasteiger partial charge in [0.25, 0.3) is 0 Å². The number of aromatic nitrogens is 2. The Morgan fingerprint density at radius 1 is 0.957 bits per heavy atom. The van der Waals surface area contributed by atoms with Crippen molar-refractivity contribution in [3.63, 3.8) is 0 Å². The van der Waals surface area contributed by atoms with Crippen LogP contribution in [0.25, 0.3) is 0 Å². The van der Waals surface area contributed by atoms with Gasteiger partial charge in [0.1, 0.15) is 5.82 Å². The maximum absolute atomic E-state index is 4.93. The van der Waals surface area contributed by atoms with Crippen LogP contribution in [-0.4, -0.2) is 55.1 Å². The van der Waals surface area contributed by atoms with Gasteiger partial charge in [-0.1, -0.05) is 12.8 Å². The van der Waals surface area contributed by atoms with Crippen LogP contribution < -0.4 is 10.2 Å². The summed E-state index contributed by atoms with van der Waals surface area (Å²) in [6.07, 6.45) is 10.1. The smallest absolute Gasteiger partial charge is 0.224 e. The molecule has 1 aromatic heterocycles. The monoisotopic (exact) mass is 317 g/mol. The number of likely N-dealkylation sites (N-methyl/N-ethyl adjacent to an activating group) is 1. The fourth-order valence-corrected chi connectivity index (χ4v) is 3.59. The molecule has 0 amide bonds. The maximum atomic E-state index is 4.93. The molecule has 0 saturated carbocycles. The van der Waals surface area contributed by atoms with Crippen molar-refractivity contribution in [1.29, 1.82) is 0 Å². The second kappa shape index (κ2) is 7.95. The minimum atomic E-state index is 0.826. The van der Waals surface area contributed by atoms with Crippen LogP contribution in [0.3, 0.4) is 0 Å². The molecule has 1 saturated heterocycles. The lowest BCUT2D eigenvalue weighted by atomic mass is 9.96. The first-order valence-electron chi connectivity index (χ1n) is 9.27. The third kappa shape index (κ3) is 4.34. The third-order valence-corrected chi connectivity index (χ3v) is 4.91. The number of hydrogen-bond acceptors (Lipinski definition) is 5. The molecule has 0 unspecified atom stereocenters. The van der Waals surface area contributed by atoms with E-state index in [4.69, 9.17) is 9.97 Å². The number of anilines is 2. The Morgan fingerprint density at radius 3 is 2.43 bits per heavy atom. The van der Waals surface area contributed by atoms with Crippen molar-refractivity contribution in [2.45, 2.75) is 51.4 Å². The van der Waals surface area contributed by atoms with Crippen LogP contribution in [0.15, 0.2) is 0 Å². The van der Waals surface area contributed by atoms with Gasteiger partial charge >= 0.3 is 0 Å². The first kappa shape index (κ1) is 16.5. The number of fused-ring (bicyclic) bond motifs is 1. The van der Waals surface area contributed by atoms with Gasteiger partial charge in [0, 0.05) is 31.7 Å². The summed E-state index contributed by atoms with van der Waals surface area (Å²) < 4.78 is 0. The average Bonchev–Trinajstić information content (AvgIpc) is 2.83. The van der Waals surface area contributed by atoms with Crippen molar-refractivity contribution < 1.29 is 0 Å². The van der Waals surface area contributed by atoms with E-state index >= 15 is 0 Å². The molecule has 1 fully saturated rings. The van der Waals surface area contributed by atoms with E-state index < -0.39 is 0 Å². The van der Waals surface area contributed by atoms with Crippen molar-refractivity contribution in [1.82, 2.24) is 14.9 Å².